The monoisotopic (exact) mass is 343 g/mol. The van der Waals surface area contributed by atoms with Gasteiger partial charge >= 0.3 is 0 Å². The molecule has 0 spiro atoms. The van der Waals surface area contributed by atoms with Gasteiger partial charge in [-0.1, -0.05) is 12.1 Å². The van der Waals surface area contributed by atoms with E-state index in [9.17, 15) is 14.9 Å². The Balaban J connectivity index is 1.67. The molecule has 9 heteroatoms. The third kappa shape index (κ3) is 3.49. The molecule has 1 aliphatic rings. The van der Waals surface area contributed by atoms with E-state index in [0.29, 0.717) is 37.9 Å². The molecule has 1 fully saturated rings. The van der Waals surface area contributed by atoms with Crippen molar-refractivity contribution in [3.63, 3.8) is 0 Å². The van der Waals surface area contributed by atoms with E-state index in [2.05, 4.69) is 10.2 Å². The maximum Gasteiger partial charge on any atom is 0.282 e. The number of rotatable bonds is 4. The van der Waals surface area contributed by atoms with Crippen molar-refractivity contribution < 1.29 is 14.5 Å². The second-order valence-electron chi connectivity index (χ2n) is 5.49. The molecule has 1 amide bonds. The van der Waals surface area contributed by atoms with Gasteiger partial charge in [0.15, 0.2) is 5.82 Å². The normalized spacial score (nSPS) is 14.3. The summed E-state index contributed by atoms with van der Waals surface area (Å²) < 4.78 is 4.98. The van der Waals surface area contributed by atoms with Gasteiger partial charge in [0.05, 0.1) is 12.0 Å². The molecule has 0 atom stereocenters. The molecule has 1 aromatic heterocycles. The average Bonchev–Trinajstić information content (AvgIpc) is 2.67. The molecule has 25 heavy (non-hydrogen) atoms. The van der Waals surface area contributed by atoms with E-state index in [4.69, 9.17) is 4.74 Å². The number of carbonyl (C=O) groups is 1. The number of ether oxygens (including phenoxy) is 1. The van der Waals surface area contributed by atoms with Crippen molar-refractivity contribution in [1.29, 1.82) is 0 Å². The Labute approximate surface area is 144 Å². The van der Waals surface area contributed by atoms with E-state index in [1.165, 1.54) is 19.2 Å². The fraction of sp³-hybridized carbons (Fsp3) is 0.312. The topological polar surface area (TPSA) is 102 Å². The quantitative estimate of drug-likeness (QED) is 0.610. The van der Waals surface area contributed by atoms with Crippen LogP contribution in [0.15, 0.2) is 36.4 Å². The highest BCUT2D eigenvalue weighted by molar-refractivity contribution is 5.98. The minimum absolute atomic E-state index is 0.116. The SMILES string of the molecule is COc1ccc(N2CCN(C(=O)c3ccccc3[N+](=O)[O-])CC2)nn1. The number of aromatic nitrogens is 2. The van der Waals surface area contributed by atoms with Crippen LogP contribution in [-0.4, -0.2) is 59.2 Å². The maximum absolute atomic E-state index is 12.6. The highest BCUT2D eigenvalue weighted by Gasteiger charge is 2.27. The lowest BCUT2D eigenvalue weighted by Gasteiger charge is -2.35. The van der Waals surface area contributed by atoms with Crippen LogP contribution in [0, 0.1) is 10.1 Å². The summed E-state index contributed by atoms with van der Waals surface area (Å²) >= 11 is 0. The number of amides is 1. The fourth-order valence-electron chi connectivity index (χ4n) is 2.71. The van der Waals surface area contributed by atoms with Crippen LogP contribution in [-0.2, 0) is 0 Å². The van der Waals surface area contributed by atoms with E-state index in [1.807, 2.05) is 11.0 Å². The predicted octanol–water partition coefficient (Wildman–Crippen LogP) is 1.36. The van der Waals surface area contributed by atoms with Crippen LogP contribution in [0.25, 0.3) is 0 Å². The van der Waals surface area contributed by atoms with Crippen molar-refractivity contribution in [2.24, 2.45) is 0 Å². The standard InChI is InChI=1S/C16H17N5O4/c1-25-15-7-6-14(17-18-15)19-8-10-20(11-9-19)16(22)12-4-2-3-5-13(12)21(23)24/h2-7H,8-11H2,1H3. The molecule has 0 aliphatic carbocycles. The summed E-state index contributed by atoms with van der Waals surface area (Å²) in [4.78, 5) is 26.8. The van der Waals surface area contributed by atoms with E-state index in [-0.39, 0.29) is 17.2 Å². The summed E-state index contributed by atoms with van der Waals surface area (Å²) in [5.74, 6) is 0.820. The number of nitro groups is 1. The van der Waals surface area contributed by atoms with Crippen molar-refractivity contribution >= 4 is 17.4 Å². The van der Waals surface area contributed by atoms with E-state index in [1.54, 1.807) is 23.1 Å². The molecule has 130 valence electrons. The molecule has 1 saturated heterocycles. The third-order valence-corrected chi connectivity index (χ3v) is 4.06. The number of nitrogens with zero attached hydrogens (tertiary/aromatic N) is 5. The van der Waals surface area contributed by atoms with Gasteiger partial charge in [-0.2, -0.15) is 0 Å². The number of carbonyl (C=O) groups excluding carboxylic acids is 1. The summed E-state index contributed by atoms with van der Waals surface area (Å²) in [7, 11) is 1.52. The highest BCUT2D eigenvalue weighted by Crippen LogP contribution is 2.21. The summed E-state index contributed by atoms with van der Waals surface area (Å²) in [5, 5.41) is 19.1. The van der Waals surface area contributed by atoms with Gasteiger partial charge in [-0.15, -0.1) is 10.2 Å². The van der Waals surface area contributed by atoms with Crippen LogP contribution in [0.1, 0.15) is 10.4 Å². The number of methoxy groups -OCH3 is 1. The molecular weight excluding hydrogens is 326 g/mol. The number of anilines is 1. The highest BCUT2D eigenvalue weighted by atomic mass is 16.6. The van der Waals surface area contributed by atoms with Crippen molar-refractivity contribution in [2.75, 3.05) is 38.2 Å². The summed E-state index contributed by atoms with van der Waals surface area (Å²) in [6, 6.07) is 9.55. The van der Waals surface area contributed by atoms with Crippen LogP contribution in [0.5, 0.6) is 5.88 Å². The van der Waals surface area contributed by atoms with Gasteiger partial charge < -0.3 is 14.5 Å². The number of nitro benzene ring substituents is 1. The summed E-state index contributed by atoms with van der Waals surface area (Å²) in [6.07, 6.45) is 0. The number of benzene rings is 1. The molecule has 0 unspecified atom stereocenters. The molecule has 2 heterocycles. The third-order valence-electron chi connectivity index (χ3n) is 4.06. The van der Waals surface area contributed by atoms with Crippen molar-refractivity contribution in [2.45, 2.75) is 0 Å². The molecule has 3 rings (SSSR count). The van der Waals surface area contributed by atoms with Gasteiger partial charge in [-0.3, -0.25) is 14.9 Å². The Morgan fingerprint density at radius 1 is 1.12 bits per heavy atom. The lowest BCUT2D eigenvalue weighted by Crippen LogP contribution is -2.49. The van der Waals surface area contributed by atoms with Gasteiger partial charge in [0, 0.05) is 38.3 Å². The van der Waals surface area contributed by atoms with Gasteiger partial charge in [0.25, 0.3) is 11.6 Å². The Morgan fingerprint density at radius 2 is 1.84 bits per heavy atom. The first kappa shape index (κ1) is 16.6. The summed E-state index contributed by atoms with van der Waals surface area (Å²) in [6.45, 7) is 2.07. The first-order chi connectivity index (χ1) is 12.1. The zero-order valence-corrected chi connectivity index (χ0v) is 13.7. The first-order valence-corrected chi connectivity index (χ1v) is 7.75. The number of piperazine rings is 1. The van der Waals surface area contributed by atoms with Crippen LogP contribution in [0.3, 0.4) is 0 Å². The zero-order chi connectivity index (χ0) is 17.8. The molecule has 1 aliphatic heterocycles. The molecule has 9 nitrogen and oxygen atoms in total. The lowest BCUT2D eigenvalue weighted by atomic mass is 10.1. The minimum atomic E-state index is -0.531. The van der Waals surface area contributed by atoms with Crippen molar-refractivity contribution in [3.8, 4) is 5.88 Å². The Hall–Kier alpha value is -3.23. The van der Waals surface area contributed by atoms with Crippen molar-refractivity contribution in [1.82, 2.24) is 15.1 Å². The summed E-state index contributed by atoms with van der Waals surface area (Å²) in [5.41, 5.74) is -0.0545. The first-order valence-electron chi connectivity index (χ1n) is 7.75. The Morgan fingerprint density at radius 3 is 2.44 bits per heavy atom. The van der Waals surface area contributed by atoms with Crippen LogP contribution in [0.2, 0.25) is 0 Å². The molecule has 1 aromatic carbocycles. The van der Waals surface area contributed by atoms with Gasteiger partial charge in [-0.25, -0.2) is 0 Å². The lowest BCUT2D eigenvalue weighted by molar-refractivity contribution is -0.385. The minimum Gasteiger partial charge on any atom is -0.480 e. The molecule has 0 saturated carbocycles. The molecule has 0 radical (unpaired) electrons. The Kier molecular flexibility index (Phi) is 4.73. The van der Waals surface area contributed by atoms with Crippen LogP contribution >= 0.6 is 0 Å². The molecule has 0 bridgehead atoms. The smallest absolute Gasteiger partial charge is 0.282 e. The Bertz CT molecular complexity index is 772. The van der Waals surface area contributed by atoms with Crippen molar-refractivity contribution in [3.05, 3.63) is 52.1 Å². The molecule has 0 N–H and O–H groups in total. The van der Waals surface area contributed by atoms with Gasteiger partial charge in [-0.05, 0) is 12.1 Å². The van der Waals surface area contributed by atoms with E-state index < -0.39 is 4.92 Å². The van der Waals surface area contributed by atoms with Gasteiger partial charge in [0.1, 0.15) is 5.56 Å². The van der Waals surface area contributed by atoms with E-state index in [0.717, 1.165) is 0 Å². The van der Waals surface area contributed by atoms with Gasteiger partial charge in [0.2, 0.25) is 5.88 Å². The fourth-order valence-corrected chi connectivity index (χ4v) is 2.71. The second-order valence-corrected chi connectivity index (χ2v) is 5.49. The number of hydrogen-bond acceptors (Lipinski definition) is 7. The zero-order valence-electron chi connectivity index (χ0n) is 13.7. The maximum atomic E-state index is 12.6. The number of hydrogen-bond donors (Lipinski definition) is 0. The van der Waals surface area contributed by atoms with Crippen LogP contribution < -0.4 is 9.64 Å². The predicted molar refractivity (Wildman–Crippen MR) is 89.8 cm³/mol. The largest absolute Gasteiger partial charge is 0.480 e. The molecular formula is C16H17N5O4. The molecule has 2 aromatic rings. The van der Waals surface area contributed by atoms with Crippen LogP contribution in [0.4, 0.5) is 11.5 Å². The second kappa shape index (κ2) is 7.12. The average molecular weight is 343 g/mol. The van der Waals surface area contributed by atoms with E-state index >= 15 is 0 Å². The number of para-hydroxylation sites is 1.